The third-order valence-corrected chi connectivity index (χ3v) is 5.16. The predicted octanol–water partition coefficient (Wildman–Crippen LogP) is 5.40. The summed E-state index contributed by atoms with van der Waals surface area (Å²) in [6.07, 6.45) is 1.52. The van der Waals surface area contributed by atoms with Crippen LogP contribution in [0.25, 0.3) is 10.8 Å². The normalized spacial score (nSPS) is 10.5. The number of amides is 2. The van der Waals surface area contributed by atoms with Crippen LogP contribution in [0.3, 0.4) is 0 Å². The largest absolute Gasteiger partial charge is 0.457 e. The molecule has 2 N–H and O–H groups in total. The number of anilines is 1. The molecule has 4 rings (SSSR count). The maximum atomic E-state index is 12.6. The van der Waals surface area contributed by atoms with Gasteiger partial charge in [0, 0.05) is 40.4 Å². The molecule has 4 aromatic rings. The standard InChI is InChI=1S/C24H18BrN3O3/c1-26-24(30)22-14-19(11-12-27-22)31-18-9-10-20-16(13-18)3-2-4-21(20)28-23(29)15-5-7-17(25)8-6-15/h2-14H,1H3,(H,26,30)(H,28,29). The van der Waals surface area contributed by atoms with E-state index in [1.165, 1.54) is 6.20 Å². The van der Waals surface area contributed by atoms with E-state index in [0.29, 0.717) is 22.7 Å². The molecule has 3 aromatic carbocycles. The third-order valence-electron chi connectivity index (χ3n) is 4.63. The quantitative estimate of drug-likeness (QED) is 0.404. The van der Waals surface area contributed by atoms with Crippen LogP contribution in [0.2, 0.25) is 0 Å². The van der Waals surface area contributed by atoms with Crippen LogP contribution in [-0.2, 0) is 0 Å². The topological polar surface area (TPSA) is 80.3 Å². The zero-order valence-corrected chi connectivity index (χ0v) is 18.1. The highest BCUT2D eigenvalue weighted by Crippen LogP contribution is 2.30. The van der Waals surface area contributed by atoms with Gasteiger partial charge in [-0.2, -0.15) is 0 Å². The van der Waals surface area contributed by atoms with Crippen molar-refractivity contribution in [2.75, 3.05) is 12.4 Å². The van der Waals surface area contributed by atoms with E-state index in [1.54, 1.807) is 31.3 Å². The first-order valence-electron chi connectivity index (χ1n) is 9.49. The number of nitrogens with one attached hydrogen (secondary N) is 2. The summed E-state index contributed by atoms with van der Waals surface area (Å²) in [7, 11) is 1.55. The molecule has 0 radical (unpaired) electrons. The van der Waals surface area contributed by atoms with Gasteiger partial charge in [0.15, 0.2) is 0 Å². The SMILES string of the molecule is CNC(=O)c1cc(Oc2ccc3c(NC(=O)c4ccc(Br)cc4)cccc3c2)ccn1. The lowest BCUT2D eigenvalue weighted by atomic mass is 10.1. The van der Waals surface area contributed by atoms with Crippen molar-refractivity contribution in [1.29, 1.82) is 0 Å². The number of aromatic nitrogens is 1. The number of carbonyl (C=O) groups is 2. The van der Waals surface area contributed by atoms with Crippen molar-refractivity contribution in [2.45, 2.75) is 0 Å². The Hall–Kier alpha value is -3.71. The van der Waals surface area contributed by atoms with Crippen molar-refractivity contribution in [2.24, 2.45) is 0 Å². The van der Waals surface area contributed by atoms with Gasteiger partial charge in [-0.15, -0.1) is 0 Å². The first-order chi connectivity index (χ1) is 15.0. The Morgan fingerprint density at radius 3 is 2.45 bits per heavy atom. The van der Waals surface area contributed by atoms with Gasteiger partial charge in [0.05, 0.1) is 0 Å². The summed E-state index contributed by atoms with van der Waals surface area (Å²) in [5, 5.41) is 7.31. The molecule has 0 bridgehead atoms. The van der Waals surface area contributed by atoms with Crippen molar-refractivity contribution in [1.82, 2.24) is 10.3 Å². The molecule has 0 aliphatic heterocycles. The average Bonchev–Trinajstić information content (AvgIpc) is 2.79. The number of fused-ring (bicyclic) bond motifs is 1. The van der Waals surface area contributed by atoms with Gasteiger partial charge in [-0.1, -0.05) is 28.1 Å². The number of hydrogen-bond acceptors (Lipinski definition) is 4. The molecule has 2 amide bonds. The van der Waals surface area contributed by atoms with E-state index >= 15 is 0 Å². The summed E-state index contributed by atoms with van der Waals surface area (Å²) in [5.41, 5.74) is 1.56. The third kappa shape index (κ3) is 4.73. The van der Waals surface area contributed by atoms with Crippen LogP contribution in [0.1, 0.15) is 20.8 Å². The predicted molar refractivity (Wildman–Crippen MR) is 124 cm³/mol. The molecule has 1 aromatic heterocycles. The second kappa shape index (κ2) is 8.97. The Bertz CT molecular complexity index is 1270. The number of halogens is 1. The highest BCUT2D eigenvalue weighted by molar-refractivity contribution is 9.10. The molecular weight excluding hydrogens is 458 g/mol. The Kier molecular flexibility index (Phi) is 5.95. The number of nitrogens with zero attached hydrogens (tertiary/aromatic N) is 1. The van der Waals surface area contributed by atoms with Crippen LogP contribution >= 0.6 is 15.9 Å². The molecule has 0 fully saturated rings. The summed E-state index contributed by atoms with van der Waals surface area (Å²) in [5.74, 6) is 0.652. The summed E-state index contributed by atoms with van der Waals surface area (Å²) in [4.78, 5) is 28.4. The fourth-order valence-electron chi connectivity index (χ4n) is 3.09. The minimum absolute atomic E-state index is 0.182. The number of hydrogen-bond donors (Lipinski definition) is 2. The molecule has 1 heterocycles. The molecule has 0 saturated heterocycles. The Labute approximate surface area is 187 Å². The molecular formula is C24H18BrN3O3. The van der Waals surface area contributed by atoms with Crippen LogP contribution in [0.15, 0.2) is 83.5 Å². The summed E-state index contributed by atoms with van der Waals surface area (Å²) >= 11 is 3.37. The fourth-order valence-corrected chi connectivity index (χ4v) is 3.36. The maximum Gasteiger partial charge on any atom is 0.269 e. The average molecular weight is 476 g/mol. The number of pyridine rings is 1. The summed E-state index contributed by atoms with van der Waals surface area (Å²) in [6, 6.07) is 21.7. The van der Waals surface area contributed by atoms with E-state index in [2.05, 4.69) is 31.5 Å². The van der Waals surface area contributed by atoms with E-state index in [0.717, 1.165) is 15.2 Å². The van der Waals surface area contributed by atoms with Crippen molar-refractivity contribution in [3.05, 3.63) is 94.7 Å². The smallest absolute Gasteiger partial charge is 0.269 e. The van der Waals surface area contributed by atoms with Gasteiger partial charge in [0.1, 0.15) is 17.2 Å². The van der Waals surface area contributed by atoms with Crippen LogP contribution in [0.5, 0.6) is 11.5 Å². The number of benzene rings is 3. The zero-order valence-electron chi connectivity index (χ0n) is 16.6. The zero-order chi connectivity index (χ0) is 21.8. The molecule has 31 heavy (non-hydrogen) atoms. The van der Waals surface area contributed by atoms with E-state index < -0.39 is 0 Å². The molecule has 154 valence electrons. The molecule has 6 nitrogen and oxygen atoms in total. The van der Waals surface area contributed by atoms with E-state index in [4.69, 9.17) is 4.74 Å². The molecule has 0 unspecified atom stereocenters. The van der Waals surface area contributed by atoms with Gasteiger partial charge < -0.3 is 15.4 Å². The van der Waals surface area contributed by atoms with Gasteiger partial charge in [0.25, 0.3) is 11.8 Å². The van der Waals surface area contributed by atoms with Crippen LogP contribution in [0.4, 0.5) is 5.69 Å². The van der Waals surface area contributed by atoms with Crippen LogP contribution < -0.4 is 15.4 Å². The highest BCUT2D eigenvalue weighted by Gasteiger charge is 2.10. The van der Waals surface area contributed by atoms with Gasteiger partial charge >= 0.3 is 0 Å². The lowest BCUT2D eigenvalue weighted by Crippen LogP contribution is -2.18. The van der Waals surface area contributed by atoms with E-state index in [9.17, 15) is 9.59 Å². The monoisotopic (exact) mass is 475 g/mol. The second-order valence-corrected chi connectivity index (χ2v) is 7.62. The van der Waals surface area contributed by atoms with E-state index in [1.807, 2.05) is 48.5 Å². The highest BCUT2D eigenvalue weighted by atomic mass is 79.9. The fraction of sp³-hybridized carbons (Fsp3) is 0.0417. The first kappa shape index (κ1) is 20.6. The van der Waals surface area contributed by atoms with Gasteiger partial charge in [-0.05, 0) is 60.0 Å². The molecule has 7 heteroatoms. The maximum absolute atomic E-state index is 12.6. The Balaban J connectivity index is 1.57. The minimum atomic E-state index is -0.282. The molecule has 0 saturated carbocycles. The number of ether oxygens (including phenoxy) is 1. The molecule has 0 atom stereocenters. The van der Waals surface area contributed by atoms with Crippen molar-refractivity contribution in [3.63, 3.8) is 0 Å². The Morgan fingerprint density at radius 1 is 0.903 bits per heavy atom. The van der Waals surface area contributed by atoms with Gasteiger partial charge in [-0.3, -0.25) is 14.6 Å². The van der Waals surface area contributed by atoms with Crippen molar-refractivity contribution in [3.8, 4) is 11.5 Å². The van der Waals surface area contributed by atoms with E-state index in [-0.39, 0.29) is 17.5 Å². The minimum Gasteiger partial charge on any atom is -0.457 e. The van der Waals surface area contributed by atoms with Crippen molar-refractivity contribution < 1.29 is 14.3 Å². The molecule has 0 aliphatic rings. The number of rotatable bonds is 5. The Morgan fingerprint density at radius 2 is 1.68 bits per heavy atom. The van der Waals surface area contributed by atoms with Gasteiger partial charge in [0.2, 0.25) is 0 Å². The van der Waals surface area contributed by atoms with Gasteiger partial charge in [-0.25, -0.2) is 0 Å². The lowest BCUT2D eigenvalue weighted by Gasteiger charge is -2.11. The number of carbonyl (C=O) groups excluding carboxylic acids is 2. The van der Waals surface area contributed by atoms with Crippen molar-refractivity contribution >= 4 is 44.2 Å². The lowest BCUT2D eigenvalue weighted by molar-refractivity contribution is 0.0957. The van der Waals surface area contributed by atoms with Crippen LogP contribution in [-0.4, -0.2) is 23.8 Å². The summed E-state index contributed by atoms with van der Waals surface area (Å²) in [6.45, 7) is 0. The first-order valence-corrected chi connectivity index (χ1v) is 10.3. The summed E-state index contributed by atoms with van der Waals surface area (Å²) < 4.78 is 6.83. The molecule has 0 spiro atoms. The van der Waals surface area contributed by atoms with Crippen LogP contribution in [0, 0.1) is 0 Å². The molecule has 0 aliphatic carbocycles. The second-order valence-electron chi connectivity index (χ2n) is 6.71.